The number of aliphatic hydroxyl groups is 1. The van der Waals surface area contributed by atoms with Crippen LogP contribution in [0.4, 0.5) is 5.69 Å². The molecule has 0 fully saturated rings. The van der Waals surface area contributed by atoms with Crippen molar-refractivity contribution in [2.24, 2.45) is 0 Å². The first kappa shape index (κ1) is 15.0. The van der Waals surface area contributed by atoms with Gasteiger partial charge in [0, 0.05) is 12.2 Å². The van der Waals surface area contributed by atoms with Gasteiger partial charge in [-0.15, -0.1) is 0 Å². The minimum atomic E-state index is -0.491. The number of rotatable bonds is 6. The SMILES string of the molecule is CCc1cccc(NCC(O)COC(C)(C)C)c1. The topological polar surface area (TPSA) is 41.5 Å². The van der Waals surface area contributed by atoms with Gasteiger partial charge in [-0.05, 0) is 44.9 Å². The van der Waals surface area contributed by atoms with Crippen molar-refractivity contribution in [3.63, 3.8) is 0 Å². The fraction of sp³-hybridized carbons (Fsp3) is 0.600. The van der Waals surface area contributed by atoms with E-state index in [2.05, 4.69) is 24.4 Å². The van der Waals surface area contributed by atoms with E-state index < -0.39 is 6.10 Å². The molecule has 3 nitrogen and oxygen atoms in total. The van der Waals surface area contributed by atoms with Crippen molar-refractivity contribution in [3.8, 4) is 0 Å². The molecular formula is C15H25NO2. The summed E-state index contributed by atoms with van der Waals surface area (Å²) < 4.78 is 5.53. The molecule has 0 aromatic heterocycles. The molecule has 0 saturated heterocycles. The van der Waals surface area contributed by atoms with Crippen LogP contribution in [0.25, 0.3) is 0 Å². The van der Waals surface area contributed by atoms with Crippen molar-refractivity contribution in [1.82, 2.24) is 0 Å². The van der Waals surface area contributed by atoms with Crippen LogP contribution >= 0.6 is 0 Å². The zero-order valence-electron chi connectivity index (χ0n) is 11.9. The van der Waals surface area contributed by atoms with Crippen molar-refractivity contribution in [3.05, 3.63) is 29.8 Å². The van der Waals surface area contributed by atoms with Gasteiger partial charge in [0.05, 0.1) is 18.3 Å². The minimum absolute atomic E-state index is 0.205. The molecule has 2 N–H and O–H groups in total. The lowest BCUT2D eigenvalue weighted by Gasteiger charge is -2.22. The van der Waals surface area contributed by atoms with Crippen LogP contribution in [0.1, 0.15) is 33.3 Å². The molecule has 0 saturated carbocycles. The number of ether oxygens (including phenoxy) is 1. The molecule has 3 heteroatoms. The highest BCUT2D eigenvalue weighted by Crippen LogP contribution is 2.11. The van der Waals surface area contributed by atoms with Gasteiger partial charge >= 0.3 is 0 Å². The Morgan fingerprint density at radius 2 is 2.06 bits per heavy atom. The van der Waals surface area contributed by atoms with Gasteiger partial charge in [-0.1, -0.05) is 19.1 Å². The summed E-state index contributed by atoms with van der Waals surface area (Å²) in [6.07, 6.45) is 0.528. The smallest absolute Gasteiger partial charge is 0.0945 e. The van der Waals surface area contributed by atoms with Crippen molar-refractivity contribution in [2.45, 2.75) is 45.8 Å². The Balaban J connectivity index is 2.35. The second kappa shape index (κ2) is 6.76. The number of hydrogen-bond donors (Lipinski definition) is 2. The van der Waals surface area contributed by atoms with Crippen LogP contribution in [0.5, 0.6) is 0 Å². The van der Waals surface area contributed by atoms with Crippen LogP contribution in [-0.2, 0) is 11.2 Å². The first-order valence-corrected chi connectivity index (χ1v) is 6.55. The van der Waals surface area contributed by atoms with E-state index in [0.717, 1.165) is 12.1 Å². The molecule has 0 heterocycles. The van der Waals surface area contributed by atoms with Crippen LogP contribution < -0.4 is 5.32 Å². The molecule has 18 heavy (non-hydrogen) atoms. The molecule has 1 aromatic rings. The number of aryl methyl sites for hydroxylation is 1. The van der Waals surface area contributed by atoms with E-state index in [-0.39, 0.29) is 5.60 Å². The van der Waals surface area contributed by atoms with Crippen molar-refractivity contribution in [1.29, 1.82) is 0 Å². The Bertz CT molecular complexity index is 358. The summed E-state index contributed by atoms with van der Waals surface area (Å²) in [4.78, 5) is 0. The molecule has 102 valence electrons. The van der Waals surface area contributed by atoms with E-state index in [0.29, 0.717) is 13.2 Å². The molecule has 0 spiro atoms. The summed E-state index contributed by atoms with van der Waals surface area (Å²) >= 11 is 0. The first-order valence-electron chi connectivity index (χ1n) is 6.55. The molecule has 0 aliphatic heterocycles. The molecule has 0 radical (unpaired) electrons. The third kappa shape index (κ3) is 6.03. The summed E-state index contributed by atoms with van der Waals surface area (Å²) in [5, 5.41) is 13.0. The van der Waals surface area contributed by atoms with Gasteiger partial charge in [0.15, 0.2) is 0 Å². The Labute approximate surface area is 110 Å². The fourth-order valence-corrected chi connectivity index (χ4v) is 1.54. The number of aliphatic hydroxyl groups excluding tert-OH is 1. The molecule has 0 aliphatic rings. The predicted molar refractivity (Wildman–Crippen MR) is 76.0 cm³/mol. The largest absolute Gasteiger partial charge is 0.389 e. The van der Waals surface area contributed by atoms with Crippen LogP contribution in [0, 0.1) is 0 Å². The Morgan fingerprint density at radius 1 is 1.33 bits per heavy atom. The standard InChI is InChI=1S/C15H25NO2/c1-5-12-7-6-8-13(9-12)16-10-14(17)11-18-15(2,3)4/h6-9,14,16-17H,5,10-11H2,1-4H3. The van der Waals surface area contributed by atoms with Crippen LogP contribution in [0.15, 0.2) is 24.3 Å². The van der Waals surface area contributed by atoms with E-state index in [1.165, 1.54) is 5.56 Å². The second-order valence-corrected chi connectivity index (χ2v) is 5.51. The summed E-state index contributed by atoms with van der Waals surface area (Å²) in [5.41, 5.74) is 2.13. The van der Waals surface area contributed by atoms with Crippen LogP contribution in [0.2, 0.25) is 0 Å². The highest BCUT2D eigenvalue weighted by molar-refractivity contribution is 5.45. The third-order valence-corrected chi connectivity index (χ3v) is 2.59. The maximum absolute atomic E-state index is 9.81. The normalized spacial score (nSPS) is 13.4. The minimum Gasteiger partial charge on any atom is -0.389 e. The van der Waals surface area contributed by atoms with Crippen molar-refractivity contribution < 1.29 is 9.84 Å². The average molecular weight is 251 g/mol. The molecular weight excluding hydrogens is 226 g/mol. The lowest BCUT2D eigenvalue weighted by molar-refractivity contribution is -0.0449. The third-order valence-electron chi connectivity index (χ3n) is 2.59. The predicted octanol–water partition coefficient (Wildman–Crippen LogP) is 2.84. The Kier molecular flexibility index (Phi) is 5.63. The van der Waals surface area contributed by atoms with Gasteiger partial charge in [0.2, 0.25) is 0 Å². The summed E-state index contributed by atoms with van der Waals surface area (Å²) in [6, 6.07) is 8.25. The number of benzene rings is 1. The molecule has 0 amide bonds. The zero-order chi connectivity index (χ0) is 13.6. The van der Waals surface area contributed by atoms with E-state index in [1.807, 2.05) is 32.9 Å². The summed E-state index contributed by atoms with van der Waals surface area (Å²) in [5.74, 6) is 0. The monoisotopic (exact) mass is 251 g/mol. The maximum Gasteiger partial charge on any atom is 0.0945 e. The van der Waals surface area contributed by atoms with Crippen molar-refractivity contribution >= 4 is 5.69 Å². The highest BCUT2D eigenvalue weighted by atomic mass is 16.5. The van der Waals surface area contributed by atoms with E-state index >= 15 is 0 Å². The van der Waals surface area contributed by atoms with Gasteiger partial charge in [-0.25, -0.2) is 0 Å². The lowest BCUT2D eigenvalue weighted by Crippen LogP contribution is -2.30. The Hall–Kier alpha value is -1.06. The summed E-state index contributed by atoms with van der Waals surface area (Å²) in [6.45, 7) is 8.94. The van der Waals surface area contributed by atoms with Gasteiger partial charge in [-0.3, -0.25) is 0 Å². The van der Waals surface area contributed by atoms with E-state index in [9.17, 15) is 5.11 Å². The van der Waals surface area contributed by atoms with Gasteiger partial charge in [0.1, 0.15) is 0 Å². The second-order valence-electron chi connectivity index (χ2n) is 5.51. The molecule has 1 unspecified atom stereocenters. The number of anilines is 1. The molecule has 0 aliphatic carbocycles. The first-order chi connectivity index (χ1) is 8.40. The summed E-state index contributed by atoms with van der Waals surface area (Å²) in [7, 11) is 0. The Morgan fingerprint density at radius 3 is 2.67 bits per heavy atom. The highest BCUT2D eigenvalue weighted by Gasteiger charge is 2.13. The zero-order valence-corrected chi connectivity index (χ0v) is 11.9. The molecule has 1 rings (SSSR count). The van der Waals surface area contributed by atoms with Crippen LogP contribution in [0.3, 0.4) is 0 Å². The van der Waals surface area contributed by atoms with Crippen LogP contribution in [-0.4, -0.2) is 30.0 Å². The molecule has 1 atom stereocenters. The number of hydrogen-bond acceptors (Lipinski definition) is 3. The van der Waals surface area contributed by atoms with E-state index in [1.54, 1.807) is 0 Å². The van der Waals surface area contributed by atoms with Gasteiger partial charge in [-0.2, -0.15) is 0 Å². The quantitative estimate of drug-likeness (QED) is 0.817. The fourth-order valence-electron chi connectivity index (χ4n) is 1.54. The average Bonchev–Trinajstić information content (AvgIpc) is 2.33. The van der Waals surface area contributed by atoms with Gasteiger partial charge in [0.25, 0.3) is 0 Å². The number of nitrogens with one attached hydrogen (secondary N) is 1. The molecule has 1 aromatic carbocycles. The molecule has 0 bridgehead atoms. The maximum atomic E-state index is 9.81. The lowest BCUT2D eigenvalue weighted by atomic mass is 10.1. The van der Waals surface area contributed by atoms with Crippen molar-refractivity contribution in [2.75, 3.05) is 18.5 Å². The van der Waals surface area contributed by atoms with Gasteiger partial charge < -0.3 is 15.2 Å². The van der Waals surface area contributed by atoms with E-state index in [4.69, 9.17) is 4.74 Å².